The Bertz CT molecular complexity index is 501. The molecule has 0 aromatic rings. The Morgan fingerprint density at radius 2 is 1.86 bits per heavy atom. The minimum Gasteiger partial charge on any atom is -0.469 e. The topological polar surface area (TPSA) is 102 Å². The van der Waals surface area contributed by atoms with Crippen molar-refractivity contribution in [3.05, 3.63) is 0 Å². The smallest absolute Gasteiger partial charge is 0.310 e. The van der Waals surface area contributed by atoms with Gasteiger partial charge in [-0.05, 0) is 25.7 Å². The number of esters is 1. The first-order valence-electron chi connectivity index (χ1n) is 7.29. The van der Waals surface area contributed by atoms with Gasteiger partial charge in [0.1, 0.15) is 0 Å². The number of methoxy groups -OCH3 is 1. The third-order valence-corrected chi connectivity index (χ3v) is 6.00. The molecular formula is C13H22N2O5S. The molecule has 8 heteroatoms. The second-order valence-corrected chi connectivity index (χ2v) is 7.59. The summed E-state index contributed by atoms with van der Waals surface area (Å²) in [6, 6.07) is 0. The Hall–Kier alpha value is -1.15. The van der Waals surface area contributed by atoms with Crippen molar-refractivity contribution in [1.29, 1.82) is 0 Å². The zero-order valence-corrected chi connectivity index (χ0v) is 12.9. The van der Waals surface area contributed by atoms with Gasteiger partial charge in [-0.3, -0.25) is 9.59 Å². The van der Waals surface area contributed by atoms with Gasteiger partial charge in [0.05, 0.1) is 18.3 Å². The summed E-state index contributed by atoms with van der Waals surface area (Å²) in [4.78, 5) is 23.0. The van der Waals surface area contributed by atoms with Crippen molar-refractivity contribution in [2.75, 3.05) is 20.2 Å². The molecule has 0 saturated heterocycles. The van der Waals surface area contributed by atoms with Gasteiger partial charge in [0.25, 0.3) is 0 Å². The number of ether oxygens (including phenoxy) is 1. The molecule has 2 saturated carbocycles. The van der Waals surface area contributed by atoms with E-state index in [-0.39, 0.29) is 24.9 Å². The predicted octanol–water partition coefficient (Wildman–Crippen LogP) is -0.226. The minimum atomic E-state index is -3.57. The summed E-state index contributed by atoms with van der Waals surface area (Å²) in [5, 5.41) is 1.96. The molecular weight excluding hydrogens is 296 g/mol. The Morgan fingerprint density at radius 1 is 1.14 bits per heavy atom. The van der Waals surface area contributed by atoms with Crippen LogP contribution in [0.5, 0.6) is 0 Å². The number of amides is 1. The predicted molar refractivity (Wildman–Crippen MR) is 75.8 cm³/mol. The summed E-state index contributed by atoms with van der Waals surface area (Å²) in [5.41, 5.74) is 0. The molecule has 2 atom stereocenters. The second-order valence-electron chi connectivity index (χ2n) is 5.60. The number of carbonyl (C=O) groups excluding carboxylic acids is 2. The fourth-order valence-corrected chi connectivity index (χ4v) is 4.45. The Morgan fingerprint density at radius 3 is 2.48 bits per heavy atom. The first-order valence-corrected chi connectivity index (χ1v) is 8.84. The third-order valence-electron chi connectivity index (χ3n) is 4.03. The number of hydrogen-bond donors (Lipinski definition) is 2. The van der Waals surface area contributed by atoms with Gasteiger partial charge in [0.2, 0.25) is 15.9 Å². The van der Waals surface area contributed by atoms with Crippen molar-refractivity contribution >= 4 is 21.9 Å². The van der Waals surface area contributed by atoms with Crippen LogP contribution in [-0.2, 0) is 24.3 Å². The van der Waals surface area contributed by atoms with E-state index in [4.69, 9.17) is 0 Å². The molecule has 0 aliphatic heterocycles. The maximum Gasteiger partial charge on any atom is 0.310 e. The van der Waals surface area contributed by atoms with Crippen LogP contribution in [0.25, 0.3) is 0 Å². The van der Waals surface area contributed by atoms with E-state index in [1.54, 1.807) is 0 Å². The number of carbonyl (C=O) groups is 2. The van der Waals surface area contributed by atoms with Crippen LogP contribution in [0.15, 0.2) is 0 Å². The highest BCUT2D eigenvalue weighted by molar-refractivity contribution is 7.90. The van der Waals surface area contributed by atoms with E-state index in [1.807, 2.05) is 0 Å². The lowest BCUT2D eigenvalue weighted by Crippen LogP contribution is -2.42. The molecule has 0 aromatic carbocycles. The summed E-state index contributed by atoms with van der Waals surface area (Å²) in [7, 11) is -2.30. The molecule has 2 aliphatic rings. The van der Waals surface area contributed by atoms with Crippen LogP contribution < -0.4 is 10.0 Å². The van der Waals surface area contributed by atoms with E-state index in [0.29, 0.717) is 19.3 Å². The number of sulfonamides is 1. The summed E-state index contributed by atoms with van der Waals surface area (Å²) in [6.45, 7) is 0.412. The van der Waals surface area contributed by atoms with Crippen LogP contribution in [0.4, 0.5) is 0 Å². The molecule has 120 valence electrons. The fourth-order valence-electron chi connectivity index (χ4n) is 2.69. The largest absolute Gasteiger partial charge is 0.469 e. The van der Waals surface area contributed by atoms with Crippen molar-refractivity contribution in [2.45, 2.75) is 37.4 Å². The maximum atomic E-state index is 12.2. The monoisotopic (exact) mass is 318 g/mol. The van der Waals surface area contributed by atoms with Crippen molar-refractivity contribution in [2.24, 2.45) is 11.8 Å². The molecule has 7 nitrogen and oxygen atoms in total. The van der Waals surface area contributed by atoms with Gasteiger partial charge < -0.3 is 10.1 Å². The fraction of sp³-hybridized carbons (Fsp3) is 0.846. The summed E-state index contributed by atoms with van der Waals surface area (Å²) < 4.78 is 31.6. The standard InChI is InChI=1S/C13H22N2O5S/c1-20-13(17)10-3-2-4-11(10)21(18,19)15-8-7-14-12(16)9-5-6-9/h9-11,15H,2-8H2,1H3,(H,14,16). The quantitative estimate of drug-likeness (QED) is 0.499. The molecule has 2 fully saturated rings. The second kappa shape index (κ2) is 6.74. The van der Waals surface area contributed by atoms with Gasteiger partial charge in [0.15, 0.2) is 0 Å². The molecule has 21 heavy (non-hydrogen) atoms. The average Bonchev–Trinajstić information content (AvgIpc) is 3.18. The lowest BCUT2D eigenvalue weighted by Gasteiger charge is -2.18. The molecule has 0 heterocycles. The van der Waals surface area contributed by atoms with Crippen LogP contribution >= 0.6 is 0 Å². The van der Waals surface area contributed by atoms with E-state index < -0.39 is 27.2 Å². The molecule has 0 bridgehead atoms. The van der Waals surface area contributed by atoms with Crippen LogP contribution in [0.2, 0.25) is 0 Å². The van der Waals surface area contributed by atoms with Gasteiger partial charge in [-0.1, -0.05) is 6.42 Å². The van der Waals surface area contributed by atoms with E-state index in [1.165, 1.54) is 7.11 Å². The molecule has 0 spiro atoms. The molecule has 2 rings (SSSR count). The zero-order chi connectivity index (χ0) is 15.5. The summed E-state index contributed by atoms with van der Waals surface area (Å²) in [6.07, 6.45) is 3.53. The highest BCUT2D eigenvalue weighted by Crippen LogP contribution is 2.31. The molecule has 1 amide bonds. The lowest BCUT2D eigenvalue weighted by molar-refractivity contribution is -0.145. The van der Waals surface area contributed by atoms with E-state index in [9.17, 15) is 18.0 Å². The van der Waals surface area contributed by atoms with Crippen LogP contribution in [0, 0.1) is 11.8 Å². The van der Waals surface area contributed by atoms with E-state index in [0.717, 1.165) is 12.8 Å². The third kappa shape index (κ3) is 4.16. The molecule has 2 unspecified atom stereocenters. The molecule has 2 aliphatic carbocycles. The Balaban J connectivity index is 1.80. The van der Waals surface area contributed by atoms with E-state index in [2.05, 4.69) is 14.8 Å². The number of rotatable bonds is 7. The molecule has 0 radical (unpaired) electrons. The van der Waals surface area contributed by atoms with Crippen LogP contribution in [-0.4, -0.2) is 45.7 Å². The van der Waals surface area contributed by atoms with Gasteiger partial charge in [0, 0.05) is 19.0 Å². The zero-order valence-electron chi connectivity index (χ0n) is 12.1. The Labute approximate surface area is 124 Å². The minimum absolute atomic E-state index is 0.0116. The SMILES string of the molecule is COC(=O)C1CCCC1S(=O)(=O)NCCNC(=O)C1CC1. The highest BCUT2D eigenvalue weighted by Gasteiger charge is 2.42. The number of nitrogens with one attached hydrogen (secondary N) is 2. The van der Waals surface area contributed by atoms with Crippen molar-refractivity contribution in [3.8, 4) is 0 Å². The summed E-state index contributed by atoms with van der Waals surface area (Å²) in [5.74, 6) is -0.957. The average molecular weight is 318 g/mol. The van der Waals surface area contributed by atoms with Gasteiger partial charge in [-0.25, -0.2) is 13.1 Å². The van der Waals surface area contributed by atoms with Crippen molar-refractivity contribution in [3.63, 3.8) is 0 Å². The van der Waals surface area contributed by atoms with Gasteiger partial charge in [-0.2, -0.15) is 0 Å². The molecule has 0 aromatic heterocycles. The van der Waals surface area contributed by atoms with Crippen molar-refractivity contribution < 1.29 is 22.7 Å². The first-order chi connectivity index (χ1) is 9.95. The lowest BCUT2D eigenvalue weighted by atomic mass is 10.1. The van der Waals surface area contributed by atoms with Crippen molar-refractivity contribution in [1.82, 2.24) is 10.0 Å². The van der Waals surface area contributed by atoms with Crippen LogP contribution in [0.1, 0.15) is 32.1 Å². The summed E-state index contributed by atoms with van der Waals surface area (Å²) >= 11 is 0. The highest BCUT2D eigenvalue weighted by atomic mass is 32.2. The van der Waals surface area contributed by atoms with Gasteiger partial charge in [-0.15, -0.1) is 0 Å². The maximum absolute atomic E-state index is 12.2. The van der Waals surface area contributed by atoms with Crippen LogP contribution in [0.3, 0.4) is 0 Å². The normalized spacial score (nSPS) is 25.6. The first kappa shape index (κ1) is 16.2. The van der Waals surface area contributed by atoms with E-state index >= 15 is 0 Å². The Kier molecular flexibility index (Phi) is 5.21. The van der Waals surface area contributed by atoms with Gasteiger partial charge >= 0.3 is 5.97 Å². The molecule has 2 N–H and O–H groups in total. The number of hydrogen-bond acceptors (Lipinski definition) is 5.